The lowest BCUT2D eigenvalue weighted by Gasteiger charge is -2.19. The van der Waals surface area contributed by atoms with Crippen molar-refractivity contribution in [3.8, 4) is 11.5 Å². The molecule has 0 aliphatic carbocycles. The standard InChI is InChI=1S/C14H18N4O2/c1-2-5-18-14(16-10-17-18)9-15-11-3-4-12-13(8-11)20-7-6-19-12/h3-4,8,10,15H,2,5-7,9H2,1H3. The molecule has 20 heavy (non-hydrogen) atoms. The molecule has 3 rings (SSSR count). The van der Waals surface area contributed by atoms with Gasteiger partial charge in [-0.1, -0.05) is 6.92 Å². The van der Waals surface area contributed by atoms with Crippen LogP contribution in [0.15, 0.2) is 24.5 Å². The number of aromatic nitrogens is 3. The predicted molar refractivity (Wildman–Crippen MR) is 75.1 cm³/mol. The molecule has 2 aromatic rings. The second-order valence-electron chi connectivity index (χ2n) is 4.61. The topological polar surface area (TPSA) is 61.2 Å². The first-order valence-corrected chi connectivity index (χ1v) is 6.87. The van der Waals surface area contributed by atoms with Gasteiger partial charge < -0.3 is 14.8 Å². The van der Waals surface area contributed by atoms with E-state index in [2.05, 4.69) is 22.3 Å². The number of nitrogens with one attached hydrogen (secondary N) is 1. The molecule has 1 aliphatic rings. The molecule has 0 spiro atoms. The minimum Gasteiger partial charge on any atom is -0.486 e. The lowest BCUT2D eigenvalue weighted by molar-refractivity contribution is 0.171. The summed E-state index contributed by atoms with van der Waals surface area (Å²) in [5.74, 6) is 2.52. The van der Waals surface area contributed by atoms with Crippen LogP contribution < -0.4 is 14.8 Å². The summed E-state index contributed by atoms with van der Waals surface area (Å²) in [7, 11) is 0. The Balaban J connectivity index is 1.67. The van der Waals surface area contributed by atoms with E-state index in [1.165, 1.54) is 0 Å². The molecule has 0 radical (unpaired) electrons. The summed E-state index contributed by atoms with van der Waals surface area (Å²) in [5, 5.41) is 7.55. The fraction of sp³-hybridized carbons (Fsp3) is 0.429. The third kappa shape index (κ3) is 2.68. The summed E-state index contributed by atoms with van der Waals surface area (Å²) in [6.07, 6.45) is 2.64. The number of nitrogens with zero attached hydrogens (tertiary/aromatic N) is 3. The van der Waals surface area contributed by atoms with E-state index < -0.39 is 0 Å². The highest BCUT2D eigenvalue weighted by Crippen LogP contribution is 2.32. The molecule has 0 saturated carbocycles. The molecular formula is C14H18N4O2. The normalized spacial score (nSPS) is 13.2. The van der Waals surface area contributed by atoms with Gasteiger partial charge in [0.05, 0.1) is 6.54 Å². The van der Waals surface area contributed by atoms with E-state index in [0.29, 0.717) is 19.8 Å². The van der Waals surface area contributed by atoms with Crippen LogP contribution in [0.5, 0.6) is 11.5 Å². The molecule has 1 aromatic heterocycles. The maximum absolute atomic E-state index is 5.57. The van der Waals surface area contributed by atoms with Crippen LogP contribution in [-0.4, -0.2) is 28.0 Å². The second-order valence-corrected chi connectivity index (χ2v) is 4.61. The molecule has 0 bridgehead atoms. The Morgan fingerprint density at radius 1 is 1.25 bits per heavy atom. The van der Waals surface area contributed by atoms with Crippen molar-refractivity contribution < 1.29 is 9.47 Å². The summed E-state index contributed by atoms with van der Waals surface area (Å²) in [6.45, 7) is 4.86. The van der Waals surface area contributed by atoms with Gasteiger partial charge in [0.1, 0.15) is 25.4 Å². The number of fused-ring (bicyclic) bond motifs is 1. The molecule has 0 fully saturated rings. The Morgan fingerprint density at radius 3 is 2.95 bits per heavy atom. The smallest absolute Gasteiger partial charge is 0.163 e. The fourth-order valence-electron chi connectivity index (χ4n) is 2.16. The number of benzene rings is 1. The first kappa shape index (κ1) is 12.8. The lowest BCUT2D eigenvalue weighted by Crippen LogP contribution is -2.15. The summed E-state index contributed by atoms with van der Waals surface area (Å²) >= 11 is 0. The van der Waals surface area contributed by atoms with Crippen molar-refractivity contribution in [2.45, 2.75) is 26.4 Å². The fourth-order valence-corrected chi connectivity index (χ4v) is 2.16. The quantitative estimate of drug-likeness (QED) is 0.904. The van der Waals surface area contributed by atoms with Gasteiger partial charge in [-0.2, -0.15) is 5.10 Å². The summed E-state index contributed by atoms with van der Waals surface area (Å²) in [6, 6.07) is 5.86. The van der Waals surface area contributed by atoms with Crippen LogP contribution in [0, 0.1) is 0 Å². The van der Waals surface area contributed by atoms with Gasteiger partial charge >= 0.3 is 0 Å². The van der Waals surface area contributed by atoms with E-state index in [4.69, 9.17) is 9.47 Å². The molecular weight excluding hydrogens is 256 g/mol. The highest BCUT2D eigenvalue weighted by atomic mass is 16.6. The first-order chi connectivity index (χ1) is 9.86. The van der Waals surface area contributed by atoms with E-state index in [1.54, 1.807) is 6.33 Å². The van der Waals surface area contributed by atoms with Crippen LogP contribution in [0.25, 0.3) is 0 Å². The molecule has 1 aromatic carbocycles. The van der Waals surface area contributed by atoms with E-state index >= 15 is 0 Å². The maximum atomic E-state index is 5.57. The SMILES string of the molecule is CCCn1ncnc1CNc1ccc2c(c1)OCCO2. The van der Waals surface area contributed by atoms with Crippen molar-refractivity contribution in [3.05, 3.63) is 30.4 Å². The molecule has 0 saturated heterocycles. The van der Waals surface area contributed by atoms with Crippen LogP contribution >= 0.6 is 0 Å². The van der Waals surface area contributed by atoms with Crippen molar-refractivity contribution in [3.63, 3.8) is 0 Å². The van der Waals surface area contributed by atoms with Crippen LogP contribution in [0.3, 0.4) is 0 Å². The van der Waals surface area contributed by atoms with Crippen LogP contribution in [-0.2, 0) is 13.1 Å². The van der Waals surface area contributed by atoms with Gasteiger partial charge in [0.2, 0.25) is 0 Å². The Bertz CT molecular complexity index is 582. The lowest BCUT2D eigenvalue weighted by atomic mass is 10.2. The number of ether oxygens (including phenoxy) is 2. The van der Waals surface area contributed by atoms with Gasteiger partial charge in [0.15, 0.2) is 11.5 Å². The van der Waals surface area contributed by atoms with Crippen LogP contribution in [0.2, 0.25) is 0 Å². The second kappa shape index (κ2) is 5.81. The van der Waals surface area contributed by atoms with Gasteiger partial charge in [0, 0.05) is 18.3 Å². The average Bonchev–Trinajstić information content (AvgIpc) is 2.93. The van der Waals surface area contributed by atoms with Gasteiger partial charge in [-0.3, -0.25) is 0 Å². The molecule has 2 heterocycles. The van der Waals surface area contributed by atoms with Gasteiger partial charge in [0.25, 0.3) is 0 Å². The first-order valence-electron chi connectivity index (χ1n) is 6.87. The van der Waals surface area contributed by atoms with Crippen molar-refractivity contribution in [2.75, 3.05) is 18.5 Å². The van der Waals surface area contributed by atoms with E-state index in [1.807, 2.05) is 22.9 Å². The van der Waals surface area contributed by atoms with E-state index in [-0.39, 0.29) is 0 Å². The summed E-state index contributed by atoms with van der Waals surface area (Å²) in [5.41, 5.74) is 0.986. The largest absolute Gasteiger partial charge is 0.486 e. The number of aryl methyl sites for hydroxylation is 1. The van der Waals surface area contributed by atoms with Crippen molar-refractivity contribution in [1.82, 2.24) is 14.8 Å². The van der Waals surface area contributed by atoms with Crippen LogP contribution in [0.1, 0.15) is 19.2 Å². The average molecular weight is 274 g/mol. The predicted octanol–water partition coefficient (Wildman–Crippen LogP) is 2.07. The van der Waals surface area contributed by atoms with Crippen molar-refractivity contribution >= 4 is 5.69 Å². The Kier molecular flexibility index (Phi) is 3.71. The Hall–Kier alpha value is -2.24. The molecule has 1 aliphatic heterocycles. The van der Waals surface area contributed by atoms with E-state index in [0.717, 1.165) is 36.0 Å². The molecule has 0 atom stereocenters. The monoisotopic (exact) mass is 274 g/mol. The number of hydrogen-bond acceptors (Lipinski definition) is 5. The Labute approximate surface area is 117 Å². The van der Waals surface area contributed by atoms with Gasteiger partial charge in [-0.05, 0) is 18.6 Å². The Morgan fingerprint density at radius 2 is 2.10 bits per heavy atom. The number of rotatable bonds is 5. The zero-order valence-corrected chi connectivity index (χ0v) is 11.5. The minimum absolute atomic E-state index is 0.598. The highest BCUT2D eigenvalue weighted by molar-refractivity contribution is 5.55. The highest BCUT2D eigenvalue weighted by Gasteiger charge is 2.12. The minimum atomic E-state index is 0.598. The molecule has 0 amide bonds. The number of anilines is 1. The maximum Gasteiger partial charge on any atom is 0.163 e. The van der Waals surface area contributed by atoms with Crippen molar-refractivity contribution in [1.29, 1.82) is 0 Å². The molecule has 6 heteroatoms. The zero-order chi connectivity index (χ0) is 13.8. The van der Waals surface area contributed by atoms with Gasteiger partial charge in [-0.15, -0.1) is 0 Å². The molecule has 0 unspecified atom stereocenters. The van der Waals surface area contributed by atoms with Crippen molar-refractivity contribution in [2.24, 2.45) is 0 Å². The van der Waals surface area contributed by atoms with E-state index in [9.17, 15) is 0 Å². The van der Waals surface area contributed by atoms with Crippen LogP contribution in [0.4, 0.5) is 5.69 Å². The third-order valence-electron chi connectivity index (χ3n) is 3.12. The summed E-state index contributed by atoms with van der Waals surface area (Å²) < 4.78 is 13.0. The number of hydrogen-bond donors (Lipinski definition) is 1. The molecule has 1 N–H and O–H groups in total. The van der Waals surface area contributed by atoms with Gasteiger partial charge in [-0.25, -0.2) is 9.67 Å². The third-order valence-corrected chi connectivity index (χ3v) is 3.12. The molecule has 106 valence electrons. The zero-order valence-electron chi connectivity index (χ0n) is 11.5. The summed E-state index contributed by atoms with van der Waals surface area (Å²) in [4.78, 5) is 4.27. The molecule has 6 nitrogen and oxygen atoms in total.